The van der Waals surface area contributed by atoms with Crippen LogP contribution in [0, 0.1) is 11.7 Å². The van der Waals surface area contributed by atoms with Gasteiger partial charge in [-0.25, -0.2) is 14.4 Å². The van der Waals surface area contributed by atoms with E-state index in [4.69, 9.17) is 0 Å². The number of likely N-dealkylation sites (tertiary alicyclic amines) is 1. The van der Waals surface area contributed by atoms with E-state index in [0.29, 0.717) is 11.9 Å². The number of anilines is 1. The predicted octanol–water partition coefficient (Wildman–Crippen LogP) is 2.22. The van der Waals surface area contributed by atoms with Crippen LogP contribution < -0.4 is 4.90 Å². The summed E-state index contributed by atoms with van der Waals surface area (Å²) in [7, 11) is 0. The number of carbonyl (C=O) groups is 1. The van der Waals surface area contributed by atoms with E-state index >= 15 is 0 Å². The highest BCUT2D eigenvalue weighted by atomic mass is 19.1. The van der Waals surface area contributed by atoms with Crippen LogP contribution in [0.25, 0.3) is 10.9 Å². The van der Waals surface area contributed by atoms with Gasteiger partial charge in [0.25, 0.3) is 0 Å². The van der Waals surface area contributed by atoms with Gasteiger partial charge in [-0.2, -0.15) is 0 Å². The lowest BCUT2D eigenvalue weighted by Crippen LogP contribution is -2.35. The molecule has 3 heterocycles. The first-order valence-corrected chi connectivity index (χ1v) is 8.16. The lowest BCUT2D eigenvalue weighted by Gasteiger charge is -2.21. The van der Waals surface area contributed by atoms with E-state index in [9.17, 15) is 9.18 Å². The zero-order chi connectivity index (χ0) is 15.8. The summed E-state index contributed by atoms with van der Waals surface area (Å²) in [5, 5.41) is 0.710. The second-order valence-electron chi connectivity index (χ2n) is 6.32. The Morgan fingerprint density at radius 2 is 2.00 bits per heavy atom. The molecule has 2 saturated heterocycles. The third kappa shape index (κ3) is 2.62. The molecule has 1 aromatic carbocycles. The van der Waals surface area contributed by atoms with Crippen molar-refractivity contribution in [3.63, 3.8) is 0 Å². The Labute approximate surface area is 134 Å². The van der Waals surface area contributed by atoms with Crippen LogP contribution in [0.15, 0.2) is 24.5 Å². The second kappa shape index (κ2) is 5.76. The molecule has 1 unspecified atom stereocenters. The molecule has 1 aromatic heterocycles. The van der Waals surface area contributed by atoms with Crippen LogP contribution in [-0.4, -0.2) is 47.0 Å². The summed E-state index contributed by atoms with van der Waals surface area (Å²) in [6.07, 6.45) is 4.55. The highest BCUT2D eigenvalue weighted by molar-refractivity contribution is 5.90. The van der Waals surface area contributed by atoms with Crippen molar-refractivity contribution in [2.24, 2.45) is 5.92 Å². The fourth-order valence-corrected chi connectivity index (χ4v) is 3.62. The number of amides is 1. The quantitative estimate of drug-likeness (QED) is 0.853. The van der Waals surface area contributed by atoms with Crippen molar-refractivity contribution in [3.05, 3.63) is 30.3 Å². The Morgan fingerprint density at radius 1 is 1.17 bits per heavy atom. The maximum absolute atomic E-state index is 13.6. The van der Waals surface area contributed by atoms with Crippen LogP contribution in [0.4, 0.5) is 10.2 Å². The Morgan fingerprint density at radius 3 is 2.83 bits per heavy atom. The van der Waals surface area contributed by atoms with Crippen LogP contribution in [0.5, 0.6) is 0 Å². The van der Waals surface area contributed by atoms with Crippen molar-refractivity contribution in [2.45, 2.75) is 19.3 Å². The molecule has 1 atom stereocenters. The van der Waals surface area contributed by atoms with Gasteiger partial charge in [0, 0.05) is 31.6 Å². The van der Waals surface area contributed by atoms with Crippen LogP contribution >= 0.6 is 0 Å². The maximum Gasteiger partial charge on any atom is 0.227 e. The van der Waals surface area contributed by atoms with Gasteiger partial charge in [0.05, 0.1) is 11.4 Å². The highest BCUT2D eigenvalue weighted by Crippen LogP contribution is 2.29. The number of fused-ring (bicyclic) bond motifs is 1. The van der Waals surface area contributed by atoms with E-state index < -0.39 is 0 Å². The molecule has 1 amide bonds. The topological polar surface area (TPSA) is 49.3 Å². The molecule has 23 heavy (non-hydrogen) atoms. The number of aromatic nitrogens is 2. The highest BCUT2D eigenvalue weighted by Gasteiger charge is 2.33. The molecule has 0 bridgehead atoms. The van der Waals surface area contributed by atoms with Gasteiger partial charge in [-0.3, -0.25) is 4.79 Å². The van der Waals surface area contributed by atoms with Crippen molar-refractivity contribution in [1.82, 2.24) is 14.9 Å². The van der Waals surface area contributed by atoms with Gasteiger partial charge in [-0.1, -0.05) is 0 Å². The molecular formula is C17H19FN4O. The minimum Gasteiger partial charge on any atom is -0.355 e. The molecule has 120 valence electrons. The Balaban J connectivity index is 1.58. The molecule has 2 aliphatic heterocycles. The zero-order valence-electron chi connectivity index (χ0n) is 12.9. The van der Waals surface area contributed by atoms with E-state index in [2.05, 4.69) is 14.9 Å². The zero-order valence-corrected chi connectivity index (χ0v) is 12.9. The van der Waals surface area contributed by atoms with Gasteiger partial charge in [0.2, 0.25) is 5.91 Å². The lowest BCUT2D eigenvalue weighted by atomic mass is 10.1. The molecule has 6 heteroatoms. The van der Waals surface area contributed by atoms with Gasteiger partial charge in [0.1, 0.15) is 18.0 Å². The normalized spacial score (nSPS) is 21.3. The van der Waals surface area contributed by atoms with E-state index in [1.807, 2.05) is 4.90 Å². The van der Waals surface area contributed by atoms with Crippen LogP contribution in [0.1, 0.15) is 19.3 Å². The molecule has 2 aromatic rings. The molecule has 0 spiro atoms. The minimum atomic E-state index is -0.294. The number of rotatable bonds is 2. The average molecular weight is 314 g/mol. The van der Waals surface area contributed by atoms with Crippen LogP contribution in [0.3, 0.4) is 0 Å². The molecule has 2 aliphatic rings. The summed E-state index contributed by atoms with van der Waals surface area (Å²) in [5.41, 5.74) is 0.728. The molecule has 5 nitrogen and oxygen atoms in total. The monoisotopic (exact) mass is 314 g/mol. The number of halogens is 1. The van der Waals surface area contributed by atoms with Gasteiger partial charge in [-0.05, 0) is 37.5 Å². The number of nitrogens with zero attached hydrogens (tertiary/aromatic N) is 4. The largest absolute Gasteiger partial charge is 0.355 e. The van der Waals surface area contributed by atoms with Crippen molar-refractivity contribution in [1.29, 1.82) is 0 Å². The second-order valence-corrected chi connectivity index (χ2v) is 6.32. The van der Waals surface area contributed by atoms with Gasteiger partial charge in [0.15, 0.2) is 0 Å². The lowest BCUT2D eigenvalue weighted by molar-refractivity contribution is -0.133. The molecule has 0 saturated carbocycles. The fourth-order valence-electron chi connectivity index (χ4n) is 3.62. The van der Waals surface area contributed by atoms with Crippen molar-refractivity contribution >= 4 is 22.6 Å². The van der Waals surface area contributed by atoms with Crippen molar-refractivity contribution < 1.29 is 9.18 Å². The van der Waals surface area contributed by atoms with Gasteiger partial charge in [-0.15, -0.1) is 0 Å². The van der Waals surface area contributed by atoms with Gasteiger partial charge >= 0.3 is 0 Å². The minimum absolute atomic E-state index is 0.0201. The molecule has 0 aliphatic carbocycles. The summed E-state index contributed by atoms with van der Waals surface area (Å²) >= 11 is 0. The van der Waals surface area contributed by atoms with Crippen molar-refractivity contribution in [2.75, 3.05) is 31.1 Å². The molecule has 0 N–H and O–H groups in total. The smallest absolute Gasteiger partial charge is 0.227 e. The van der Waals surface area contributed by atoms with Gasteiger partial charge < -0.3 is 9.80 Å². The number of carbonyl (C=O) groups excluding carboxylic acids is 1. The summed E-state index contributed by atoms with van der Waals surface area (Å²) in [6.45, 7) is 3.19. The van der Waals surface area contributed by atoms with E-state index in [-0.39, 0.29) is 17.6 Å². The third-order valence-corrected chi connectivity index (χ3v) is 4.83. The number of hydrogen-bond donors (Lipinski definition) is 0. The summed E-state index contributed by atoms with van der Waals surface area (Å²) in [6, 6.07) is 4.54. The summed E-state index contributed by atoms with van der Waals surface area (Å²) < 4.78 is 13.6. The summed E-state index contributed by atoms with van der Waals surface area (Å²) in [5.74, 6) is 0.713. The molecule has 4 rings (SSSR count). The third-order valence-electron chi connectivity index (χ3n) is 4.83. The maximum atomic E-state index is 13.6. The van der Waals surface area contributed by atoms with Crippen molar-refractivity contribution in [3.8, 4) is 0 Å². The summed E-state index contributed by atoms with van der Waals surface area (Å²) in [4.78, 5) is 25.1. The Hall–Kier alpha value is -2.24. The first-order valence-electron chi connectivity index (χ1n) is 8.16. The number of benzene rings is 1. The van der Waals surface area contributed by atoms with E-state index in [1.165, 1.54) is 18.5 Å². The predicted molar refractivity (Wildman–Crippen MR) is 85.6 cm³/mol. The fraction of sp³-hybridized carbons (Fsp3) is 0.471. The first kappa shape index (κ1) is 14.4. The first-order chi connectivity index (χ1) is 11.2. The standard InChI is InChI=1S/C17H19FN4O/c18-13-3-4-15-14(9-13)16(20-11-19-15)22-8-5-12(10-22)17(23)21-6-1-2-7-21/h3-4,9,11-12H,1-2,5-8,10H2. The molecule has 2 fully saturated rings. The van der Waals surface area contributed by atoms with E-state index in [0.717, 1.165) is 50.2 Å². The van der Waals surface area contributed by atoms with Crippen LogP contribution in [-0.2, 0) is 4.79 Å². The van der Waals surface area contributed by atoms with E-state index in [1.54, 1.807) is 6.07 Å². The Kier molecular flexibility index (Phi) is 3.59. The Bertz CT molecular complexity index is 744. The molecular weight excluding hydrogens is 295 g/mol. The average Bonchev–Trinajstić information content (AvgIpc) is 3.25. The number of hydrogen-bond acceptors (Lipinski definition) is 4. The molecule has 0 radical (unpaired) electrons. The van der Waals surface area contributed by atoms with Crippen LogP contribution in [0.2, 0.25) is 0 Å². The SMILES string of the molecule is O=C(C1CCN(c2ncnc3ccc(F)cc23)C1)N1CCCC1.